The third-order valence-corrected chi connectivity index (χ3v) is 8.16. The number of hydrogen-bond acceptors (Lipinski definition) is 5. The van der Waals surface area contributed by atoms with Gasteiger partial charge in [-0.3, -0.25) is 9.59 Å². The number of halogens is 2. The van der Waals surface area contributed by atoms with E-state index in [1.54, 1.807) is 13.8 Å². The molecular formula is C26H32Cl2O5. The molecule has 0 aromatic heterocycles. The molecule has 1 aromatic rings. The molecule has 0 radical (unpaired) electrons. The van der Waals surface area contributed by atoms with Crippen LogP contribution in [0.1, 0.15) is 86.6 Å². The van der Waals surface area contributed by atoms with Crippen molar-refractivity contribution in [3.63, 3.8) is 0 Å². The minimum atomic E-state index is -1.80. The van der Waals surface area contributed by atoms with E-state index in [2.05, 4.69) is 6.08 Å². The van der Waals surface area contributed by atoms with Crippen LogP contribution in [0, 0.1) is 6.92 Å². The van der Waals surface area contributed by atoms with Crippen LogP contribution in [0.4, 0.5) is 0 Å². The second-order valence-corrected chi connectivity index (χ2v) is 11.2. The molecule has 1 saturated heterocycles. The number of rotatable bonds is 5. The molecule has 1 aliphatic carbocycles. The number of allylic oxidation sites excluding steroid dienone is 3. The Kier molecular flexibility index (Phi) is 6.84. The smallest absolute Gasteiger partial charge is 0.198 e. The van der Waals surface area contributed by atoms with Gasteiger partial charge in [0.1, 0.15) is 16.4 Å². The van der Waals surface area contributed by atoms with Gasteiger partial charge in [0.15, 0.2) is 17.2 Å². The molecule has 33 heavy (non-hydrogen) atoms. The molecule has 1 fully saturated rings. The molecule has 180 valence electrons. The molecule has 1 aromatic carbocycles. The Bertz CT molecular complexity index is 1070. The van der Waals surface area contributed by atoms with Crippen molar-refractivity contribution in [3.05, 3.63) is 46.1 Å². The Morgan fingerprint density at radius 3 is 2.42 bits per heavy atom. The number of fused-ring (bicyclic) bond motifs is 2. The predicted molar refractivity (Wildman–Crippen MR) is 131 cm³/mol. The zero-order chi connectivity index (χ0) is 24.9. The first-order chi connectivity index (χ1) is 15.2. The van der Waals surface area contributed by atoms with E-state index in [9.17, 15) is 19.8 Å². The molecule has 0 amide bonds. The summed E-state index contributed by atoms with van der Waals surface area (Å²) >= 11 is 13.6. The number of benzene rings is 1. The van der Waals surface area contributed by atoms with Crippen molar-refractivity contribution in [2.45, 2.75) is 88.7 Å². The lowest BCUT2D eigenvalue weighted by Crippen LogP contribution is -2.72. The first-order valence-electron chi connectivity index (χ1n) is 11.1. The fourth-order valence-corrected chi connectivity index (χ4v) is 5.44. The highest BCUT2D eigenvalue weighted by Gasteiger charge is 2.70. The lowest BCUT2D eigenvalue weighted by molar-refractivity contribution is -0.157. The van der Waals surface area contributed by atoms with Crippen molar-refractivity contribution in [3.8, 4) is 11.5 Å². The van der Waals surface area contributed by atoms with Crippen molar-refractivity contribution < 1.29 is 24.5 Å². The average Bonchev–Trinajstić information content (AvgIpc) is 2.71. The molecule has 0 saturated carbocycles. The third-order valence-electron chi connectivity index (χ3n) is 6.85. The van der Waals surface area contributed by atoms with Crippen molar-refractivity contribution in [2.75, 3.05) is 0 Å². The van der Waals surface area contributed by atoms with Crippen molar-refractivity contribution >= 4 is 34.8 Å². The SMILES string of the molecule is CC(C)=CCC/C(C)=C\C[C@@]12OC(C)(C)[C@H](Cl)C[C@]1(Cl)C(=O)c1c(cc(O)c(C)c1O)C2=O. The normalized spacial score (nSPS) is 28.8. The highest BCUT2D eigenvalue weighted by molar-refractivity contribution is 6.45. The monoisotopic (exact) mass is 494 g/mol. The molecule has 7 heteroatoms. The van der Waals surface area contributed by atoms with Gasteiger partial charge in [-0.1, -0.05) is 23.3 Å². The molecule has 3 rings (SSSR count). The van der Waals surface area contributed by atoms with E-state index in [0.29, 0.717) is 0 Å². The number of phenolic OH excluding ortho intramolecular Hbond substituents is 2. The molecule has 5 nitrogen and oxygen atoms in total. The molecule has 0 unspecified atom stereocenters. The summed E-state index contributed by atoms with van der Waals surface area (Å²) in [5, 5.41) is 20.3. The van der Waals surface area contributed by atoms with E-state index < -0.39 is 38.8 Å². The van der Waals surface area contributed by atoms with E-state index in [1.807, 2.05) is 26.8 Å². The number of phenols is 2. The largest absolute Gasteiger partial charge is 0.508 e. The summed E-state index contributed by atoms with van der Waals surface area (Å²) in [6.07, 6.45) is 5.75. The fraction of sp³-hybridized carbons (Fsp3) is 0.538. The number of hydrogen-bond donors (Lipinski definition) is 2. The van der Waals surface area contributed by atoms with Gasteiger partial charge in [0, 0.05) is 17.5 Å². The van der Waals surface area contributed by atoms with E-state index in [1.165, 1.54) is 18.6 Å². The first kappa shape index (κ1) is 25.8. The number of alkyl halides is 2. The highest BCUT2D eigenvalue weighted by atomic mass is 35.5. The van der Waals surface area contributed by atoms with E-state index >= 15 is 0 Å². The molecule has 0 bridgehead atoms. The molecular weight excluding hydrogens is 463 g/mol. The number of carbonyl (C=O) groups is 2. The highest BCUT2D eigenvalue weighted by Crippen LogP contribution is 2.57. The number of ether oxygens (including phenoxy) is 1. The van der Waals surface area contributed by atoms with Crippen LogP contribution in [0.25, 0.3) is 0 Å². The molecule has 1 aliphatic heterocycles. The number of aromatic hydroxyl groups is 2. The van der Waals surface area contributed by atoms with Crippen LogP contribution in [0.5, 0.6) is 11.5 Å². The summed E-state index contributed by atoms with van der Waals surface area (Å²) in [7, 11) is 0. The second-order valence-electron chi connectivity index (χ2n) is 10.0. The van der Waals surface area contributed by atoms with E-state index in [-0.39, 0.29) is 35.3 Å². The van der Waals surface area contributed by atoms with Crippen molar-refractivity contribution in [2.24, 2.45) is 0 Å². The maximum Gasteiger partial charge on any atom is 0.198 e. The Labute approximate surface area is 205 Å². The first-order valence-corrected chi connectivity index (χ1v) is 12.0. The summed E-state index contributed by atoms with van der Waals surface area (Å²) in [5.41, 5.74) is -0.557. The molecule has 3 atom stereocenters. The fourth-order valence-electron chi connectivity index (χ4n) is 4.64. The van der Waals surface area contributed by atoms with Gasteiger partial charge in [-0.05, 0) is 66.9 Å². The molecule has 1 heterocycles. The molecule has 2 aliphatic rings. The van der Waals surface area contributed by atoms with Gasteiger partial charge in [0.2, 0.25) is 0 Å². The van der Waals surface area contributed by atoms with Gasteiger partial charge in [-0.25, -0.2) is 0 Å². The third kappa shape index (κ3) is 4.13. The van der Waals surface area contributed by atoms with Gasteiger partial charge >= 0.3 is 0 Å². The number of Topliss-reactive ketones (excluding diaryl/α,β-unsaturated/α-hetero) is 2. The summed E-state index contributed by atoms with van der Waals surface area (Å²) < 4.78 is 6.37. The van der Waals surface area contributed by atoms with Crippen molar-refractivity contribution in [1.29, 1.82) is 0 Å². The van der Waals surface area contributed by atoms with Crippen LogP contribution in [0.15, 0.2) is 29.4 Å². The maximum atomic E-state index is 14.0. The summed E-state index contributed by atoms with van der Waals surface area (Å²) in [6.45, 7) is 11.0. The lowest BCUT2D eigenvalue weighted by Gasteiger charge is -2.56. The van der Waals surface area contributed by atoms with Crippen LogP contribution in [-0.4, -0.2) is 43.2 Å². The Morgan fingerprint density at radius 2 is 1.82 bits per heavy atom. The zero-order valence-electron chi connectivity index (χ0n) is 20.0. The molecule has 0 spiro atoms. The maximum absolute atomic E-state index is 14.0. The lowest BCUT2D eigenvalue weighted by atomic mass is 9.63. The number of carbonyl (C=O) groups excluding carboxylic acids is 2. The molecule has 2 N–H and O–H groups in total. The van der Waals surface area contributed by atoms with Crippen LogP contribution < -0.4 is 0 Å². The van der Waals surface area contributed by atoms with Gasteiger partial charge in [-0.2, -0.15) is 0 Å². The van der Waals surface area contributed by atoms with Crippen molar-refractivity contribution in [1.82, 2.24) is 0 Å². The van der Waals surface area contributed by atoms with Crippen LogP contribution in [-0.2, 0) is 4.74 Å². The predicted octanol–water partition coefficient (Wildman–Crippen LogP) is 6.39. The topological polar surface area (TPSA) is 83.8 Å². The summed E-state index contributed by atoms with van der Waals surface area (Å²) in [5.74, 6) is -1.87. The quantitative estimate of drug-likeness (QED) is 0.365. The standard InChI is InChI=1S/C26H32Cl2O5/c1-14(2)8-7-9-15(3)10-11-26-22(31)17-12-18(29)16(4)21(30)20(17)23(32)25(26,28)13-19(27)24(5,6)33-26/h8,10,12,19,29-30H,7,9,11,13H2,1-6H3/b15-10-/t19-,25+,26+/m1/s1. The Hall–Kier alpha value is -1.82. The van der Waals surface area contributed by atoms with E-state index in [4.69, 9.17) is 27.9 Å². The van der Waals surface area contributed by atoms with E-state index in [0.717, 1.165) is 18.4 Å². The Balaban J connectivity index is 2.17. The Morgan fingerprint density at radius 1 is 1.18 bits per heavy atom. The van der Waals surface area contributed by atoms with Crippen LogP contribution >= 0.6 is 23.2 Å². The minimum absolute atomic E-state index is 0.00283. The zero-order valence-corrected chi connectivity index (χ0v) is 21.5. The number of ketones is 2. The summed E-state index contributed by atoms with van der Waals surface area (Å²) in [4.78, 5) is 26.0. The van der Waals surface area contributed by atoms with Gasteiger partial charge in [0.05, 0.1) is 16.5 Å². The minimum Gasteiger partial charge on any atom is -0.508 e. The van der Waals surface area contributed by atoms with Crippen LogP contribution in [0.2, 0.25) is 0 Å². The average molecular weight is 495 g/mol. The van der Waals surface area contributed by atoms with Crippen LogP contribution in [0.3, 0.4) is 0 Å². The van der Waals surface area contributed by atoms with Gasteiger partial charge in [0.25, 0.3) is 0 Å². The second kappa shape index (κ2) is 8.75. The summed E-state index contributed by atoms with van der Waals surface area (Å²) in [6, 6.07) is 1.22. The van der Waals surface area contributed by atoms with Gasteiger partial charge < -0.3 is 14.9 Å². The van der Waals surface area contributed by atoms with Gasteiger partial charge in [-0.15, -0.1) is 23.2 Å².